The van der Waals surface area contributed by atoms with E-state index in [4.69, 9.17) is 8.85 Å². The fourth-order valence-corrected chi connectivity index (χ4v) is 3.50. The molecule has 0 heterocycles. The SMILES string of the molecule is CC(CO[Si](C)(C)C(C)(C)C)(CO[Si](C)(C)C(C)(C)C)C(=O)O. The van der Waals surface area contributed by atoms with Crippen LogP contribution in [0.5, 0.6) is 0 Å². The van der Waals surface area contributed by atoms with E-state index in [-0.39, 0.29) is 23.3 Å². The molecular formula is C17H38O4Si2. The van der Waals surface area contributed by atoms with Gasteiger partial charge in [-0.3, -0.25) is 4.79 Å². The van der Waals surface area contributed by atoms with E-state index < -0.39 is 28.0 Å². The first kappa shape index (κ1) is 22.8. The number of carboxylic acids is 1. The standard InChI is InChI=1S/C17H38O4Si2/c1-15(2,3)22(8,9)20-12-17(7,14(18)19)13-21-23(10,11)16(4,5)6/h12-13H2,1-11H3,(H,18,19). The smallest absolute Gasteiger partial charge is 0.313 e. The molecule has 138 valence electrons. The summed E-state index contributed by atoms with van der Waals surface area (Å²) in [6.07, 6.45) is 0. The van der Waals surface area contributed by atoms with Crippen molar-refractivity contribution in [3.63, 3.8) is 0 Å². The van der Waals surface area contributed by atoms with E-state index in [1.54, 1.807) is 6.92 Å². The average Bonchev–Trinajstić information content (AvgIpc) is 2.31. The van der Waals surface area contributed by atoms with Gasteiger partial charge in [0.1, 0.15) is 5.41 Å². The molecule has 0 bridgehead atoms. The molecule has 6 heteroatoms. The Labute approximate surface area is 145 Å². The average molecular weight is 363 g/mol. The van der Waals surface area contributed by atoms with Crippen LogP contribution in [0.4, 0.5) is 0 Å². The summed E-state index contributed by atoms with van der Waals surface area (Å²) in [4.78, 5) is 11.8. The van der Waals surface area contributed by atoms with Crippen molar-refractivity contribution in [3.8, 4) is 0 Å². The van der Waals surface area contributed by atoms with Crippen LogP contribution in [0.25, 0.3) is 0 Å². The van der Waals surface area contributed by atoms with Gasteiger partial charge in [0.25, 0.3) is 0 Å². The number of hydrogen-bond acceptors (Lipinski definition) is 3. The summed E-state index contributed by atoms with van der Waals surface area (Å²) in [7, 11) is -3.96. The van der Waals surface area contributed by atoms with Gasteiger partial charge in [-0.1, -0.05) is 41.5 Å². The second kappa shape index (κ2) is 6.98. The van der Waals surface area contributed by atoms with Crippen LogP contribution < -0.4 is 0 Å². The highest BCUT2D eigenvalue weighted by atomic mass is 28.4. The molecule has 0 aromatic carbocycles. The topological polar surface area (TPSA) is 55.8 Å². The van der Waals surface area contributed by atoms with Crippen LogP contribution in [-0.4, -0.2) is 40.9 Å². The largest absolute Gasteiger partial charge is 0.481 e. The van der Waals surface area contributed by atoms with E-state index in [0.717, 1.165) is 0 Å². The molecule has 0 fully saturated rings. The minimum atomic E-state index is -1.98. The molecule has 0 saturated carbocycles. The molecule has 0 spiro atoms. The fourth-order valence-electron chi connectivity index (χ4n) is 1.28. The van der Waals surface area contributed by atoms with Crippen LogP contribution >= 0.6 is 0 Å². The lowest BCUT2D eigenvalue weighted by atomic mass is 9.94. The maximum atomic E-state index is 11.8. The summed E-state index contributed by atoms with van der Waals surface area (Å²) in [5.41, 5.74) is -1.01. The molecule has 0 aromatic heterocycles. The third-order valence-electron chi connectivity index (χ3n) is 5.63. The van der Waals surface area contributed by atoms with E-state index in [1.807, 2.05) is 0 Å². The molecule has 0 aliphatic heterocycles. The van der Waals surface area contributed by atoms with Crippen LogP contribution in [0.1, 0.15) is 48.5 Å². The van der Waals surface area contributed by atoms with Crippen LogP contribution in [0.15, 0.2) is 0 Å². The zero-order valence-corrected chi connectivity index (χ0v) is 19.1. The molecule has 4 nitrogen and oxygen atoms in total. The molecule has 0 aliphatic carbocycles. The Morgan fingerprint density at radius 2 is 1.04 bits per heavy atom. The normalized spacial score (nSPS) is 14.9. The van der Waals surface area contributed by atoms with Gasteiger partial charge >= 0.3 is 5.97 Å². The van der Waals surface area contributed by atoms with E-state index >= 15 is 0 Å². The molecule has 0 aromatic rings. The van der Waals surface area contributed by atoms with E-state index in [1.165, 1.54) is 0 Å². The number of carboxylic acid groups (broad SMARTS) is 1. The Bertz CT molecular complexity index is 387. The van der Waals surface area contributed by atoms with Crippen molar-refractivity contribution in [2.75, 3.05) is 13.2 Å². The maximum absolute atomic E-state index is 11.8. The molecule has 0 saturated heterocycles. The molecule has 0 aliphatic rings. The lowest BCUT2D eigenvalue weighted by Crippen LogP contribution is -2.49. The van der Waals surface area contributed by atoms with Gasteiger partial charge in [0.15, 0.2) is 16.6 Å². The van der Waals surface area contributed by atoms with Gasteiger partial charge in [0.05, 0.1) is 13.2 Å². The first-order chi connectivity index (χ1) is 9.86. The van der Waals surface area contributed by atoms with Crippen molar-refractivity contribution in [3.05, 3.63) is 0 Å². The van der Waals surface area contributed by atoms with Crippen LogP contribution in [0.2, 0.25) is 36.3 Å². The van der Waals surface area contributed by atoms with Crippen molar-refractivity contribution in [1.82, 2.24) is 0 Å². The summed E-state index contributed by atoms with van der Waals surface area (Å²) in [6, 6.07) is 0. The Morgan fingerprint density at radius 3 is 1.22 bits per heavy atom. The number of hydrogen-bond donors (Lipinski definition) is 1. The molecule has 0 amide bonds. The lowest BCUT2D eigenvalue weighted by molar-refractivity contribution is -0.152. The van der Waals surface area contributed by atoms with Gasteiger partial charge in [-0.05, 0) is 43.2 Å². The summed E-state index contributed by atoms with van der Waals surface area (Å²) in [5, 5.41) is 9.83. The lowest BCUT2D eigenvalue weighted by Gasteiger charge is -2.41. The number of carbonyl (C=O) groups is 1. The fraction of sp³-hybridized carbons (Fsp3) is 0.941. The van der Waals surface area contributed by atoms with Gasteiger partial charge in [0.2, 0.25) is 0 Å². The predicted octanol–water partition coefficient (Wildman–Crippen LogP) is 5.12. The molecule has 1 N–H and O–H groups in total. The third kappa shape index (κ3) is 5.99. The Morgan fingerprint density at radius 1 is 0.783 bits per heavy atom. The highest BCUT2D eigenvalue weighted by molar-refractivity contribution is 6.74. The van der Waals surface area contributed by atoms with Gasteiger partial charge in [-0.25, -0.2) is 0 Å². The van der Waals surface area contributed by atoms with Crippen molar-refractivity contribution in [1.29, 1.82) is 0 Å². The van der Waals surface area contributed by atoms with Crippen molar-refractivity contribution in [2.24, 2.45) is 5.41 Å². The monoisotopic (exact) mass is 362 g/mol. The minimum absolute atomic E-state index is 0.0622. The number of aliphatic carboxylic acids is 1. The number of rotatable bonds is 7. The summed E-state index contributed by atoms with van der Waals surface area (Å²) < 4.78 is 12.3. The maximum Gasteiger partial charge on any atom is 0.313 e. The predicted molar refractivity (Wildman–Crippen MR) is 102 cm³/mol. The van der Waals surface area contributed by atoms with Gasteiger partial charge in [0, 0.05) is 0 Å². The summed E-state index contributed by atoms with van der Waals surface area (Å²) >= 11 is 0. The van der Waals surface area contributed by atoms with Crippen LogP contribution in [0.3, 0.4) is 0 Å². The molecular weight excluding hydrogens is 324 g/mol. The van der Waals surface area contributed by atoms with Gasteiger partial charge in [-0.2, -0.15) is 0 Å². The minimum Gasteiger partial charge on any atom is -0.481 e. The third-order valence-corrected chi connectivity index (χ3v) is 14.6. The molecule has 0 unspecified atom stereocenters. The van der Waals surface area contributed by atoms with Gasteiger partial charge in [-0.15, -0.1) is 0 Å². The summed E-state index contributed by atoms with van der Waals surface area (Å²) in [5.74, 6) is -0.852. The molecule has 23 heavy (non-hydrogen) atoms. The summed E-state index contributed by atoms with van der Waals surface area (Å²) in [6.45, 7) is 23.6. The second-order valence-electron chi connectivity index (χ2n) is 9.96. The van der Waals surface area contributed by atoms with Crippen molar-refractivity contribution < 1.29 is 18.8 Å². The Kier molecular flexibility index (Phi) is 6.93. The van der Waals surface area contributed by atoms with Crippen LogP contribution in [0, 0.1) is 5.41 Å². The van der Waals surface area contributed by atoms with E-state index in [9.17, 15) is 9.90 Å². The Hall–Kier alpha value is -0.176. The quantitative estimate of drug-likeness (QED) is 0.639. The molecule has 0 rings (SSSR count). The first-order valence-electron chi connectivity index (χ1n) is 8.37. The van der Waals surface area contributed by atoms with E-state index in [0.29, 0.717) is 0 Å². The van der Waals surface area contributed by atoms with Gasteiger partial charge < -0.3 is 14.0 Å². The molecule has 0 atom stereocenters. The highest BCUT2D eigenvalue weighted by Gasteiger charge is 2.44. The Balaban J connectivity index is 5.07. The zero-order chi connectivity index (χ0) is 18.9. The second-order valence-corrected chi connectivity index (χ2v) is 19.6. The van der Waals surface area contributed by atoms with Crippen molar-refractivity contribution in [2.45, 2.75) is 84.7 Å². The zero-order valence-electron chi connectivity index (χ0n) is 17.1. The first-order valence-corrected chi connectivity index (χ1v) is 14.2. The highest BCUT2D eigenvalue weighted by Crippen LogP contribution is 2.39. The van der Waals surface area contributed by atoms with E-state index in [2.05, 4.69) is 67.7 Å². The van der Waals surface area contributed by atoms with Crippen LogP contribution in [-0.2, 0) is 13.6 Å². The van der Waals surface area contributed by atoms with Crippen molar-refractivity contribution >= 4 is 22.6 Å². The molecule has 0 radical (unpaired) electrons.